The van der Waals surface area contributed by atoms with Crippen molar-refractivity contribution in [3.63, 3.8) is 0 Å². The lowest BCUT2D eigenvalue weighted by atomic mass is 10.0. The maximum absolute atomic E-state index is 11.3. The predicted octanol–water partition coefficient (Wildman–Crippen LogP) is 2.48. The number of sulfonamides is 1. The van der Waals surface area contributed by atoms with E-state index in [4.69, 9.17) is 15.0 Å². The minimum atomic E-state index is -3.70. The first-order valence-corrected chi connectivity index (χ1v) is 9.99. The number of nitrogens with one attached hydrogen (secondary N) is 1. The molecule has 3 aromatic rings. The number of carbonyl (C=O) groups is 1. The van der Waals surface area contributed by atoms with Gasteiger partial charge in [-0.05, 0) is 46.7 Å². The Bertz CT molecular complexity index is 1130. The number of rotatable bonds is 7. The van der Waals surface area contributed by atoms with Crippen LogP contribution in [0.25, 0.3) is 10.8 Å². The number of aromatic carboxylic acids is 1. The molecule has 0 spiro atoms. The second-order valence-corrected chi connectivity index (χ2v) is 7.84. The smallest absolute Gasteiger partial charge is 0.335 e. The first-order valence-electron chi connectivity index (χ1n) is 8.45. The molecule has 0 aliphatic carbocycles. The van der Waals surface area contributed by atoms with Gasteiger partial charge < -0.3 is 15.2 Å². The number of benzene rings is 3. The van der Waals surface area contributed by atoms with E-state index in [9.17, 15) is 13.2 Å². The molecular formula is C20H20N2O5S. The van der Waals surface area contributed by atoms with Crippen LogP contribution in [-0.4, -0.2) is 26.6 Å². The van der Waals surface area contributed by atoms with Gasteiger partial charge in [0.2, 0.25) is 10.0 Å². The van der Waals surface area contributed by atoms with Gasteiger partial charge in [0, 0.05) is 18.7 Å². The zero-order chi connectivity index (χ0) is 20.3. The molecule has 4 N–H and O–H groups in total. The van der Waals surface area contributed by atoms with Crippen molar-refractivity contribution in [2.24, 2.45) is 5.14 Å². The Hall–Kier alpha value is -2.94. The average Bonchev–Trinajstić information content (AvgIpc) is 2.67. The van der Waals surface area contributed by atoms with E-state index < -0.39 is 16.0 Å². The molecule has 0 fully saturated rings. The first kappa shape index (κ1) is 19.8. The van der Waals surface area contributed by atoms with Crippen LogP contribution in [0.4, 0.5) is 0 Å². The molecule has 0 aliphatic rings. The number of fused-ring (bicyclic) bond motifs is 1. The van der Waals surface area contributed by atoms with Crippen LogP contribution in [0.2, 0.25) is 0 Å². The Balaban J connectivity index is 1.80. The fraction of sp³-hybridized carbons (Fsp3) is 0.150. The van der Waals surface area contributed by atoms with Crippen LogP contribution < -0.4 is 15.2 Å². The molecule has 0 radical (unpaired) electrons. The van der Waals surface area contributed by atoms with Gasteiger partial charge in [0.25, 0.3) is 0 Å². The van der Waals surface area contributed by atoms with Crippen molar-refractivity contribution in [3.8, 4) is 5.75 Å². The van der Waals surface area contributed by atoms with Crippen molar-refractivity contribution in [1.82, 2.24) is 5.32 Å². The van der Waals surface area contributed by atoms with E-state index in [1.54, 1.807) is 37.4 Å². The SMILES string of the molecule is COc1ccc2cc(C(=O)O)ccc2c1CNCc1ccc(S(N)(=O)=O)cc1. The van der Waals surface area contributed by atoms with Crippen LogP contribution in [0.3, 0.4) is 0 Å². The monoisotopic (exact) mass is 400 g/mol. The minimum Gasteiger partial charge on any atom is -0.496 e. The molecule has 0 amide bonds. The number of hydrogen-bond acceptors (Lipinski definition) is 5. The molecule has 3 rings (SSSR count). The highest BCUT2D eigenvalue weighted by Crippen LogP contribution is 2.29. The van der Waals surface area contributed by atoms with Crippen molar-refractivity contribution in [2.75, 3.05) is 7.11 Å². The highest BCUT2D eigenvalue weighted by atomic mass is 32.2. The summed E-state index contributed by atoms with van der Waals surface area (Å²) in [6, 6.07) is 15.0. The van der Waals surface area contributed by atoms with Crippen molar-refractivity contribution in [2.45, 2.75) is 18.0 Å². The summed E-state index contributed by atoms with van der Waals surface area (Å²) in [7, 11) is -2.12. The van der Waals surface area contributed by atoms with E-state index >= 15 is 0 Å². The lowest BCUT2D eigenvalue weighted by Crippen LogP contribution is -2.15. The predicted molar refractivity (Wildman–Crippen MR) is 106 cm³/mol. The minimum absolute atomic E-state index is 0.0706. The van der Waals surface area contributed by atoms with E-state index in [1.807, 2.05) is 12.1 Å². The van der Waals surface area contributed by atoms with Crippen molar-refractivity contribution >= 4 is 26.8 Å². The third kappa shape index (κ3) is 4.30. The summed E-state index contributed by atoms with van der Waals surface area (Å²) in [5.41, 5.74) is 2.05. The van der Waals surface area contributed by atoms with Gasteiger partial charge in [-0.3, -0.25) is 0 Å². The van der Waals surface area contributed by atoms with Gasteiger partial charge >= 0.3 is 5.97 Å². The fourth-order valence-electron chi connectivity index (χ4n) is 3.01. The number of carboxylic acid groups (broad SMARTS) is 1. The van der Waals surface area contributed by atoms with E-state index in [2.05, 4.69) is 5.32 Å². The first-order chi connectivity index (χ1) is 13.3. The molecule has 0 unspecified atom stereocenters. The largest absolute Gasteiger partial charge is 0.496 e. The van der Waals surface area contributed by atoms with Gasteiger partial charge in [0.05, 0.1) is 17.6 Å². The quantitative estimate of drug-likeness (QED) is 0.561. The highest BCUT2D eigenvalue weighted by Gasteiger charge is 2.11. The van der Waals surface area contributed by atoms with Gasteiger partial charge in [-0.1, -0.05) is 24.3 Å². The molecule has 0 bridgehead atoms. The second-order valence-electron chi connectivity index (χ2n) is 6.28. The molecule has 0 atom stereocenters. The number of hydrogen-bond donors (Lipinski definition) is 3. The standard InChI is InChI=1S/C20H20N2O5S/c1-27-19-9-5-14-10-15(20(23)24)4-8-17(14)18(19)12-22-11-13-2-6-16(7-3-13)28(21,25)26/h2-10,22H,11-12H2,1H3,(H,23,24)(H2,21,25,26). The summed E-state index contributed by atoms with van der Waals surface area (Å²) < 4.78 is 28.1. The molecule has 0 aliphatic heterocycles. The van der Waals surface area contributed by atoms with E-state index in [-0.39, 0.29) is 10.5 Å². The van der Waals surface area contributed by atoms with Crippen LogP contribution in [0.15, 0.2) is 59.5 Å². The summed E-state index contributed by atoms with van der Waals surface area (Å²) in [4.78, 5) is 11.3. The van der Waals surface area contributed by atoms with Crippen LogP contribution in [0.5, 0.6) is 5.75 Å². The summed E-state index contributed by atoms with van der Waals surface area (Å²) in [5, 5.41) is 19.3. The summed E-state index contributed by atoms with van der Waals surface area (Å²) in [6.07, 6.45) is 0. The molecule has 7 nitrogen and oxygen atoms in total. The fourth-order valence-corrected chi connectivity index (χ4v) is 3.53. The van der Waals surface area contributed by atoms with E-state index in [0.717, 1.165) is 21.9 Å². The van der Waals surface area contributed by atoms with Gasteiger partial charge in [0.15, 0.2) is 0 Å². The Kier molecular flexibility index (Phi) is 5.64. The molecular weight excluding hydrogens is 380 g/mol. The average molecular weight is 400 g/mol. The molecule has 0 heterocycles. The Morgan fingerprint density at radius 3 is 2.39 bits per heavy atom. The van der Waals surface area contributed by atoms with Crippen LogP contribution in [-0.2, 0) is 23.1 Å². The lowest BCUT2D eigenvalue weighted by Gasteiger charge is -2.14. The normalized spacial score (nSPS) is 11.5. The van der Waals surface area contributed by atoms with E-state index in [0.29, 0.717) is 18.8 Å². The van der Waals surface area contributed by atoms with Crippen LogP contribution >= 0.6 is 0 Å². The molecule has 0 saturated carbocycles. The van der Waals surface area contributed by atoms with Gasteiger partial charge in [-0.2, -0.15) is 0 Å². The second kappa shape index (κ2) is 7.97. The van der Waals surface area contributed by atoms with Gasteiger partial charge in [0.1, 0.15) is 5.75 Å². The summed E-state index contributed by atoms with van der Waals surface area (Å²) in [5.74, 6) is -0.270. The van der Waals surface area contributed by atoms with Crippen molar-refractivity contribution < 1.29 is 23.1 Å². The third-order valence-electron chi connectivity index (χ3n) is 4.44. The molecule has 3 aromatic carbocycles. The third-order valence-corrected chi connectivity index (χ3v) is 5.37. The number of methoxy groups -OCH3 is 1. The Morgan fingerprint density at radius 1 is 1.07 bits per heavy atom. The molecule has 0 saturated heterocycles. The highest BCUT2D eigenvalue weighted by molar-refractivity contribution is 7.89. The van der Waals surface area contributed by atoms with Gasteiger partial charge in [-0.15, -0.1) is 0 Å². The maximum Gasteiger partial charge on any atom is 0.335 e. The maximum atomic E-state index is 11.3. The number of primary sulfonamides is 1. The summed E-state index contributed by atoms with van der Waals surface area (Å²) >= 11 is 0. The summed E-state index contributed by atoms with van der Waals surface area (Å²) in [6.45, 7) is 1.00. The molecule has 0 aromatic heterocycles. The van der Waals surface area contributed by atoms with E-state index in [1.165, 1.54) is 12.1 Å². The zero-order valence-corrected chi connectivity index (χ0v) is 16.0. The number of nitrogens with two attached hydrogens (primary N) is 1. The molecule has 28 heavy (non-hydrogen) atoms. The van der Waals surface area contributed by atoms with Gasteiger partial charge in [-0.25, -0.2) is 18.4 Å². The zero-order valence-electron chi connectivity index (χ0n) is 15.2. The topological polar surface area (TPSA) is 119 Å². The molecule has 8 heteroatoms. The van der Waals surface area contributed by atoms with Crippen LogP contribution in [0, 0.1) is 0 Å². The molecule has 146 valence electrons. The van der Waals surface area contributed by atoms with Crippen molar-refractivity contribution in [3.05, 3.63) is 71.3 Å². The lowest BCUT2D eigenvalue weighted by molar-refractivity contribution is 0.0697. The number of carboxylic acids is 1. The number of ether oxygens (including phenoxy) is 1. The van der Waals surface area contributed by atoms with Crippen LogP contribution in [0.1, 0.15) is 21.5 Å². The Morgan fingerprint density at radius 2 is 1.79 bits per heavy atom. The Labute approximate surface area is 162 Å². The van der Waals surface area contributed by atoms with Crippen molar-refractivity contribution in [1.29, 1.82) is 0 Å².